The van der Waals surface area contributed by atoms with Gasteiger partial charge in [-0.3, -0.25) is 9.69 Å². The van der Waals surface area contributed by atoms with Crippen LogP contribution in [-0.2, 0) is 19.1 Å². The number of rotatable bonds is 2. The van der Waals surface area contributed by atoms with E-state index < -0.39 is 29.1 Å². The third-order valence-corrected chi connectivity index (χ3v) is 5.01. The molecule has 2 amide bonds. The number of nitrogens with one attached hydrogen (secondary N) is 1. The first kappa shape index (κ1) is 17.0. The first-order valence-corrected chi connectivity index (χ1v) is 8.59. The number of hydrogen-bond acceptors (Lipinski definition) is 5. The molecule has 3 rings (SSSR count). The summed E-state index contributed by atoms with van der Waals surface area (Å²) in [6, 6.07) is -0.764. The zero-order chi connectivity index (χ0) is 17.8. The van der Waals surface area contributed by atoms with Crippen LogP contribution < -0.4 is 5.32 Å². The quantitative estimate of drug-likeness (QED) is 0.773. The van der Waals surface area contributed by atoms with Crippen molar-refractivity contribution >= 4 is 18.0 Å². The Balaban J connectivity index is 1.83. The van der Waals surface area contributed by atoms with Crippen molar-refractivity contribution in [2.45, 2.75) is 70.6 Å². The fraction of sp³-hybridized carbons (Fsp3) is 0.824. The van der Waals surface area contributed by atoms with Crippen LogP contribution in [0.1, 0.15) is 53.4 Å². The van der Waals surface area contributed by atoms with Gasteiger partial charge in [0.15, 0.2) is 0 Å². The summed E-state index contributed by atoms with van der Waals surface area (Å²) in [5.41, 5.74) is -1.48. The summed E-state index contributed by atoms with van der Waals surface area (Å²) < 4.78 is 10.6. The molecule has 1 saturated carbocycles. The van der Waals surface area contributed by atoms with Crippen molar-refractivity contribution in [1.82, 2.24) is 10.2 Å². The van der Waals surface area contributed by atoms with E-state index in [1.54, 1.807) is 27.7 Å². The smallest absolute Gasteiger partial charge is 0.411 e. The van der Waals surface area contributed by atoms with E-state index in [-0.39, 0.29) is 24.6 Å². The van der Waals surface area contributed by atoms with Crippen LogP contribution in [0.4, 0.5) is 4.79 Å². The third-order valence-electron chi connectivity index (χ3n) is 5.01. The van der Waals surface area contributed by atoms with Crippen LogP contribution in [0.15, 0.2) is 0 Å². The lowest BCUT2D eigenvalue weighted by atomic mass is 9.82. The fourth-order valence-electron chi connectivity index (χ4n) is 3.83. The first-order valence-electron chi connectivity index (χ1n) is 8.59. The van der Waals surface area contributed by atoms with Gasteiger partial charge in [-0.2, -0.15) is 0 Å². The van der Waals surface area contributed by atoms with E-state index in [2.05, 4.69) is 5.32 Å². The van der Waals surface area contributed by atoms with E-state index in [4.69, 9.17) is 9.47 Å². The Labute approximate surface area is 142 Å². The number of carbonyl (C=O) groups excluding carboxylic acids is 3. The molecule has 0 aromatic carbocycles. The summed E-state index contributed by atoms with van der Waals surface area (Å²) in [6.45, 7) is 7.49. The Hall–Kier alpha value is -1.79. The molecule has 7 nitrogen and oxygen atoms in total. The van der Waals surface area contributed by atoms with Crippen LogP contribution in [0.2, 0.25) is 0 Å². The topological polar surface area (TPSA) is 84.9 Å². The molecule has 2 saturated heterocycles. The van der Waals surface area contributed by atoms with Gasteiger partial charge in [0, 0.05) is 12.1 Å². The highest BCUT2D eigenvalue weighted by Crippen LogP contribution is 2.54. The second-order valence-corrected chi connectivity index (χ2v) is 8.27. The number of esters is 1. The number of ether oxygens (including phenoxy) is 2. The molecule has 1 aliphatic carbocycles. The van der Waals surface area contributed by atoms with Crippen LogP contribution in [0.25, 0.3) is 0 Å². The highest BCUT2D eigenvalue weighted by molar-refractivity contribution is 5.91. The van der Waals surface area contributed by atoms with Crippen LogP contribution in [-0.4, -0.2) is 53.2 Å². The average molecular weight is 338 g/mol. The molecule has 0 aromatic rings. The predicted molar refractivity (Wildman–Crippen MR) is 85.1 cm³/mol. The zero-order valence-corrected chi connectivity index (χ0v) is 14.8. The lowest BCUT2D eigenvalue weighted by Gasteiger charge is -2.27. The van der Waals surface area contributed by atoms with Gasteiger partial charge in [0.1, 0.15) is 11.6 Å². The molecule has 24 heavy (non-hydrogen) atoms. The van der Waals surface area contributed by atoms with Gasteiger partial charge >= 0.3 is 12.1 Å². The maximum Gasteiger partial charge on any atom is 0.411 e. The van der Waals surface area contributed by atoms with E-state index in [1.807, 2.05) is 0 Å². The Morgan fingerprint density at radius 3 is 2.50 bits per heavy atom. The second kappa shape index (κ2) is 5.36. The molecule has 7 heteroatoms. The van der Waals surface area contributed by atoms with E-state index >= 15 is 0 Å². The van der Waals surface area contributed by atoms with Crippen molar-refractivity contribution in [3.05, 3.63) is 0 Å². The van der Waals surface area contributed by atoms with Crippen molar-refractivity contribution in [1.29, 1.82) is 0 Å². The molecule has 0 radical (unpaired) electrons. The van der Waals surface area contributed by atoms with Crippen LogP contribution in [0.5, 0.6) is 0 Å². The molecule has 3 aliphatic rings. The number of nitrogens with zero attached hydrogens (tertiary/aromatic N) is 1. The van der Waals surface area contributed by atoms with Crippen molar-refractivity contribution in [2.75, 3.05) is 13.2 Å². The summed E-state index contributed by atoms with van der Waals surface area (Å²) >= 11 is 0. The molecule has 1 N–H and O–H groups in total. The predicted octanol–water partition coefficient (Wildman–Crippen LogP) is 1.60. The van der Waals surface area contributed by atoms with Gasteiger partial charge in [-0.05, 0) is 53.4 Å². The Bertz CT molecular complexity index is 578. The standard InChI is InChI=1S/C17H26N2O5/c1-5-23-12(20)11-8-16(9-17(6-7-17)18-13(16)21)10-19(11)14(22)24-15(2,3)4/h11H,5-10H2,1-4H3,(H,18,21)/t11-,16+/m0/s1. The number of carbonyl (C=O) groups is 3. The van der Waals surface area contributed by atoms with Crippen molar-refractivity contribution in [3.63, 3.8) is 0 Å². The van der Waals surface area contributed by atoms with Gasteiger partial charge in [0.2, 0.25) is 5.91 Å². The highest BCUT2D eigenvalue weighted by atomic mass is 16.6. The third kappa shape index (κ3) is 2.96. The molecule has 3 fully saturated rings. The number of likely N-dealkylation sites (tertiary alicyclic amines) is 1. The minimum Gasteiger partial charge on any atom is -0.464 e. The molecule has 2 aliphatic heterocycles. The lowest BCUT2D eigenvalue weighted by Crippen LogP contribution is -2.44. The van der Waals surface area contributed by atoms with Crippen molar-refractivity contribution < 1.29 is 23.9 Å². The van der Waals surface area contributed by atoms with E-state index in [9.17, 15) is 14.4 Å². The Morgan fingerprint density at radius 1 is 1.33 bits per heavy atom. The van der Waals surface area contributed by atoms with Crippen LogP contribution in [0, 0.1) is 5.41 Å². The van der Waals surface area contributed by atoms with Crippen molar-refractivity contribution in [3.8, 4) is 0 Å². The average Bonchev–Trinajstić information content (AvgIpc) is 2.97. The van der Waals surface area contributed by atoms with Crippen LogP contribution in [0.3, 0.4) is 0 Å². The number of hydrogen-bond donors (Lipinski definition) is 1. The maximum absolute atomic E-state index is 12.6. The van der Waals surface area contributed by atoms with Crippen LogP contribution >= 0.6 is 0 Å². The van der Waals surface area contributed by atoms with Gasteiger partial charge in [0.05, 0.1) is 12.0 Å². The first-order chi connectivity index (χ1) is 11.1. The fourth-order valence-corrected chi connectivity index (χ4v) is 3.83. The Morgan fingerprint density at radius 2 is 2.00 bits per heavy atom. The molecule has 134 valence electrons. The van der Waals surface area contributed by atoms with Gasteiger partial charge in [0.25, 0.3) is 0 Å². The maximum atomic E-state index is 12.6. The van der Waals surface area contributed by atoms with Gasteiger partial charge in [-0.15, -0.1) is 0 Å². The molecule has 2 atom stereocenters. The highest BCUT2D eigenvalue weighted by Gasteiger charge is 2.65. The van der Waals surface area contributed by atoms with Gasteiger partial charge in [-0.1, -0.05) is 0 Å². The molecular formula is C17H26N2O5. The van der Waals surface area contributed by atoms with E-state index in [0.29, 0.717) is 12.8 Å². The summed E-state index contributed by atoms with van der Waals surface area (Å²) in [5.74, 6) is -0.523. The van der Waals surface area contributed by atoms with E-state index in [1.165, 1.54) is 4.90 Å². The second-order valence-electron chi connectivity index (χ2n) is 8.27. The SMILES string of the molecule is CCOC(=O)[C@@H]1C[C@]2(CN1C(=O)OC(C)(C)C)CC1(CC1)NC2=O. The summed E-state index contributed by atoms with van der Waals surface area (Å²) in [7, 11) is 0. The molecule has 2 heterocycles. The molecule has 0 unspecified atom stereocenters. The zero-order valence-electron chi connectivity index (χ0n) is 14.8. The molecule has 0 bridgehead atoms. The summed E-state index contributed by atoms with van der Waals surface area (Å²) in [6.07, 6.45) is 2.35. The molecular weight excluding hydrogens is 312 g/mol. The van der Waals surface area contributed by atoms with Gasteiger partial charge in [-0.25, -0.2) is 9.59 Å². The summed E-state index contributed by atoms with van der Waals surface area (Å²) in [5, 5.41) is 3.07. The minimum absolute atomic E-state index is 0.0552. The summed E-state index contributed by atoms with van der Waals surface area (Å²) in [4.78, 5) is 38.9. The Kier molecular flexibility index (Phi) is 3.81. The monoisotopic (exact) mass is 338 g/mol. The number of amides is 2. The lowest BCUT2D eigenvalue weighted by molar-refractivity contribution is -0.148. The van der Waals surface area contributed by atoms with Gasteiger partial charge < -0.3 is 14.8 Å². The minimum atomic E-state index is -0.764. The van der Waals surface area contributed by atoms with E-state index in [0.717, 1.165) is 12.8 Å². The molecule has 0 aromatic heterocycles. The van der Waals surface area contributed by atoms with Crippen molar-refractivity contribution in [2.24, 2.45) is 5.41 Å². The normalized spacial score (nSPS) is 30.6. The largest absolute Gasteiger partial charge is 0.464 e. The molecule has 2 spiro atoms.